The molecule has 2 aromatic rings. The van der Waals surface area contributed by atoms with E-state index in [0.717, 1.165) is 37.0 Å². The third kappa shape index (κ3) is 3.65. The van der Waals surface area contributed by atoms with Gasteiger partial charge in [-0.15, -0.1) is 0 Å². The van der Waals surface area contributed by atoms with Gasteiger partial charge < -0.3 is 14.8 Å². The molecule has 0 heterocycles. The smallest absolute Gasteiger partial charge is 0.235 e. The molecular weight excluding hydrogens is 350 g/mol. The lowest BCUT2D eigenvalue weighted by atomic mass is 9.78. The van der Waals surface area contributed by atoms with Crippen LogP contribution in [0.5, 0.6) is 11.5 Å². The maximum absolute atomic E-state index is 13.2. The fourth-order valence-electron chi connectivity index (χ4n) is 3.64. The van der Waals surface area contributed by atoms with E-state index in [4.69, 9.17) is 21.1 Å². The van der Waals surface area contributed by atoms with Gasteiger partial charge in [-0.05, 0) is 55.7 Å². The summed E-state index contributed by atoms with van der Waals surface area (Å²) in [7, 11) is 1.64. The van der Waals surface area contributed by atoms with Gasteiger partial charge in [-0.25, -0.2) is 0 Å². The predicted octanol–water partition coefficient (Wildman–Crippen LogP) is 5.20. The van der Waals surface area contributed by atoms with E-state index in [1.54, 1.807) is 19.2 Å². The summed E-state index contributed by atoms with van der Waals surface area (Å²) in [5.41, 5.74) is 1.21. The first-order chi connectivity index (χ1) is 12.6. The molecule has 26 heavy (non-hydrogen) atoms. The van der Waals surface area contributed by atoms with Crippen molar-refractivity contribution < 1.29 is 14.3 Å². The molecule has 138 valence electrons. The number of benzene rings is 2. The predicted molar refractivity (Wildman–Crippen MR) is 104 cm³/mol. The van der Waals surface area contributed by atoms with Crippen LogP contribution in [-0.4, -0.2) is 19.6 Å². The minimum absolute atomic E-state index is 0.0143. The summed E-state index contributed by atoms with van der Waals surface area (Å²) in [6.45, 7) is 2.46. The van der Waals surface area contributed by atoms with Crippen LogP contribution in [0.3, 0.4) is 0 Å². The average molecular weight is 374 g/mol. The molecule has 0 saturated heterocycles. The topological polar surface area (TPSA) is 47.6 Å². The molecule has 1 amide bonds. The Morgan fingerprint density at radius 2 is 1.85 bits per heavy atom. The van der Waals surface area contributed by atoms with Gasteiger partial charge in [0.1, 0.15) is 11.5 Å². The maximum atomic E-state index is 13.2. The van der Waals surface area contributed by atoms with Crippen molar-refractivity contribution in [2.45, 2.75) is 38.0 Å². The molecule has 0 aromatic heterocycles. The summed E-state index contributed by atoms with van der Waals surface area (Å²) in [6.07, 6.45) is 3.78. The summed E-state index contributed by atoms with van der Waals surface area (Å²) in [6, 6.07) is 13.2. The fraction of sp³-hybridized carbons (Fsp3) is 0.381. The zero-order valence-corrected chi connectivity index (χ0v) is 15.9. The lowest BCUT2D eigenvalue weighted by molar-refractivity contribution is -0.121. The van der Waals surface area contributed by atoms with Crippen molar-refractivity contribution in [1.29, 1.82) is 0 Å². The summed E-state index contributed by atoms with van der Waals surface area (Å²) in [4.78, 5) is 13.2. The van der Waals surface area contributed by atoms with Crippen LogP contribution in [0.15, 0.2) is 42.5 Å². The van der Waals surface area contributed by atoms with Gasteiger partial charge in [0.2, 0.25) is 5.91 Å². The number of carbonyl (C=O) groups excluding carboxylic acids is 1. The molecule has 0 aliphatic heterocycles. The van der Waals surface area contributed by atoms with Crippen molar-refractivity contribution in [1.82, 2.24) is 0 Å². The van der Waals surface area contributed by atoms with Gasteiger partial charge >= 0.3 is 0 Å². The van der Waals surface area contributed by atoms with Crippen molar-refractivity contribution in [3.63, 3.8) is 0 Å². The van der Waals surface area contributed by atoms with Crippen molar-refractivity contribution in [3.8, 4) is 11.5 Å². The van der Waals surface area contributed by atoms with E-state index >= 15 is 0 Å². The Bertz CT molecular complexity index is 767. The number of rotatable bonds is 6. The number of methoxy groups -OCH3 is 1. The zero-order chi connectivity index (χ0) is 18.6. The minimum atomic E-state index is -0.503. The second kappa shape index (κ2) is 8.00. The number of amides is 1. The van der Waals surface area contributed by atoms with E-state index in [1.165, 1.54) is 0 Å². The van der Waals surface area contributed by atoms with E-state index < -0.39 is 5.41 Å². The number of halogens is 1. The number of ether oxygens (including phenoxy) is 2. The quantitative estimate of drug-likeness (QED) is 0.757. The number of hydrogen-bond donors (Lipinski definition) is 1. The summed E-state index contributed by atoms with van der Waals surface area (Å²) in [5.74, 6) is 1.43. The monoisotopic (exact) mass is 373 g/mol. The lowest BCUT2D eigenvalue weighted by Gasteiger charge is -2.28. The van der Waals surface area contributed by atoms with Crippen LogP contribution >= 0.6 is 11.6 Å². The number of hydrogen-bond acceptors (Lipinski definition) is 3. The Hall–Kier alpha value is -2.20. The Morgan fingerprint density at radius 3 is 2.42 bits per heavy atom. The summed E-state index contributed by atoms with van der Waals surface area (Å²) < 4.78 is 10.7. The fourth-order valence-corrected chi connectivity index (χ4v) is 3.87. The van der Waals surface area contributed by atoms with Crippen molar-refractivity contribution in [2.75, 3.05) is 19.0 Å². The molecule has 1 N–H and O–H groups in total. The van der Waals surface area contributed by atoms with Gasteiger partial charge in [0.15, 0.2) is 0 Å². The van der Waals surface area contributed by atoms with Gasteiger partial charge in [-0.3, -0.25) is 4.79 Å². The number of anilines is 1. The molecule has 1 aliphatic carbocycles. The molecule has 0 unspecified atom stereocenters. The molecule has 1 saturated carbocycles. The van der Waals surface area contributed by atoms with Gasteiger partial charge in [-0.2, -0.15) is 0 Å². The van der Waals surface area contributed by atoms with Gasteiger partial charge in [-0.1, -0.05) is 36.6 Å². The van der Waals surface area contributed by atoms with Crippen LogP contribution in [0.4, 0.5) is 5.69 Å². The average Bonchev–Trinajstić information content (AvgIpc) is 3.15. The highest BCUT2D eigenvalue weighted by Crippen LogP contribution is 2.42. The molecule has 3 rings (SSSR count). The van der Waals surface area contributed by atoms with Crippen LogP contribution in [0.25, 0.3) is 0 Å². The molecule has 0 bridgehead atoms. The number of carbonyl (C=O) groups is 1. The highest BCUT2D eigenvalue weighted by Gasteiger charge is 2.42. The minimum Gasteiger partial charge on any atom is -0.497 e. The van der Waals surface area contributed by atoms with Gasteiger partial charge in [0.25, 0.3) is 0 Å². The molecular formula is C21H24ClNO3. The SMILES string of the molecule is CCOc1ccc(NC(=O)C2(c3ccc(OC)cc3)CCCC2)cc1Cl. The van der Waals surface area contributed by atoms with Crippen molar-refractivity contribution in [2.24, 2.45) is 0 Å². The summed E-state index contributed by atoms with van der Waals surface area (Å²) in [5, 5.41) is 3.55. The summed E-state index contributed by atoms with van der Waals surface area (Å²) >= 11 is 6.25. The van der Waals surface area contributed by atoms with Crippen LogP contribution in [0, 0.1) is 0 Å². The third-order valence-electron chi connectivity index (χ3n) is 5.02. The molecule has 0 radical (unpaired) electrons. The van der Waals surface area contributed by atoms with E-state index in [2.05, 4.69) is 5.32 Å². The first-order valence-electron chi connectivity index (χ1n) is 8.97. The molecule has 1 aliphatic rings. The van der Waals surface area contributed by atoms with Gasteiger partial charge in [0.05, 0.1) is 24.2 Å². The highest BCUT2D eigenvalue weighted by atomic mass is 35.5. The van der Waals surface area contributed by atoms with Crippen LogP contribution in [-0.2, 0) is 10.2 Å². The standard InChI is InChI=1S/C21H24ClNO3/c1-3-26-19-11-8-16(14-18(19)22)23-20(24)21(12-4-5-13-21)15-6-9-17(25-2)10-7-15/h6-11,14H,3-5,12-13H2,1-2H3,(H,23,24). The molecule has 0 spiro atoms. The van der Waals surface area contributed by atoms with Crippen LogP contribution < -0.4 is 14.8 Å². The van der Waals surface area contributed by atoms with E-state index in [-0.39, 0.29) is 5.91 Å². The van der Waals surface area contributed by atoms with Crippen molar-refractivity contribution >= 4 is 23.2 Å². The Labute approximate surface area is 159 Å². The zero-order valence-electron chi connectivity index (χ0n) is 15.2. The van der Waals surface area contributed by atoms with Gasteiger partial charge in [0, 0.05) is 5.69 Å². The highest BCUT2D eigenvalue weighted by molar-refractivity contribution is 6.32. The van der Waals surface area contributed by atoms with E-state index in [0.29, 0.717) is 23.1 Å². The normalized spacial score (nSPS) is 15.5. The molecule has 4 nitrogen and oxygen atoms in total. The Kier molecular flexibility index (Phi) is 5.72. The number of nitrogens with one attached hydrogen (secondary N) is 1. The Balaban J connectivity index is 1.84. The van der Waals surface area contributed by atoms with Crippen LogP contribution in [0.2, 0.25) is 5.02 Å². The molecule has 2 aromatic carbocycles. The lowest BCUT2D eigenvalue weighted by Crippen LogP contribution is -2.37. The third-order valence-corrected chi connectivity index (χ3v) is 5.32. The van der Waals surface area contributed by atoms with Crippen LogP contribution in [0.1, 0.15) is 38.2 Å². The molecule has 0 atom stereocenters. The second-order valence-corrected chi connectivity index (χ2v) is 6.96. The van der Waals surface area contributed by atoms with E-state index in [1.807, 2.05) is 37.3 Å². The molecule has 5 heteroatoms. The Morgan fingerprint density at radius 1 is 1.15 bits per heavy atom. The molecule has 1 fully saturated rings. The maximum Gasteiger partial charge on any atom is 0.235 e. The first kappa shape index (κ1) is 18.6. The van der Waals surface area contributed by atoms with Crippen molar-refractivity contribution in [3.05, 3.63) is 53.1 Å². The van der Waals surface area contributed by atoms with E-state index in [9.17, 15) is 4.79 Å². The first-order valence-corrected chi connectivity index (χ1v) is 9.35. The largest absolute Gasteiger partial charge is 0.497 e. The second-order valence-electron chi connectivity index (χ2n) is 6.55.